The van der Waals surface area contributed by atoms with Crippen molar-refractivity contribution in [1.82, 2.24) is 4.90 Å². The number of allylic oxidation sites excluding steroid dienone is 1. The number of hydrogen-bond donors (Lipinski definition) is 0. The predicted molar refractivity (Wildman–Crippen MR) is 122 cm³/mol. The molecule has 2 aromatic carbocycles. The van der Waals surface area contributed by atoms with E-state index in [0.717, 1.165) is 22.6 Å². The van der Waals surface area contributed by atoms with Gasteiger partial charge < -0.3 is 9.47 Å². The zero-order valence-corrected chi connectivity index (χ0v) is 19.1. The van der Waals surface area contributed by atoms with Crippen molar-refractivity contribution in [2.24, 2.45) is 4.99 Å². The molecule has 2 aliphatic heterocycles. The molecule has 0 saturated carbocycles. The van der Waals surface area contributed by atoms with Crippen molar-refractivity contribution in [3.05, 3.63) is 71.3 Å². The molecule has 0 aliphatic carbocycles. The summed E-state index contributed by atoms with van der Waals surface area (Å²) in [5, 5.41) is 0. The highest BCUT2D eigenvalue weighted by atomic mass is 19.4. The van der Waals surface area contributed by atoms with Crippen LogP contribution in [0.2, 0.25) is 0 Å². The molecule has 1 unspecified atom stereocenters. The molecule has 3 amide bonds. The van der Waals surface area contributed by atoms with Gasteiger partial charge in [0.05, 0.1) is 19.8 Å². The molecular weight excluding hydrogens is 463 g/mol. The summed E-state index contributed by atoms with van der Waals surface area (Å²) in [6.45, 7) is 0.0997. The smallest absolute Gasteiger partial charge is 0.493 e. The van der Waals surface area contributed by atoms with Crippen molar-refractivity contribution in [2.45, 2.75) is 25.2 Å². The van der Waals surface area contributed by atoms with Gasteiger partial charge in [0, 0.05) is 12.6 Å². The van der Waals surface area contributed by atoms with Crippen LogP contribution in [0.4, 0.5) is 18.0 Å². The zero-order valence-electron chi connectivity index (χ0n) is 19.1. The number of hydrogen-bond acceptors (Lipinski definition) is 5. The van der Waals surface area contributed by atoms with Crippen LogP contribution in [-0.2, 0) is 23.9 Å². The third-order valence-electron chi connectivity index (χ3n) is 5.84. The van der Waals surface area contributed by atoms with Gasteiger partial charge in [0.2, 0.25) is 6.04 Å². The summed E-state index contributed by atoms with van der Waals surface area (Å²) in [5.41, 5.74) is 0.949. The molecule has 4 rings (SSSR count). The number of dihydropyridines is 1. The summed E-state index contributed by atoms with van der Waals surface area (Å²) in [5.74, 6) is 0.643. The fourth-order valence-electron chi connectivity index (χ4n) is 3.99. The number of ether oxygens (including phenoxy) is 2. The van der Waals surface area contributed by atoms with Crippen molar-refractivity contribution in [1.29, 1.82) is 0 Å². The summed E-state index contributed by atoms with van der Waals surface area (Å²) >= 11 is 0. The van der Waals surface area contributed by atoms with Crippen LogP contribution in [0.25, 0.3) is 0 Å². The van der Waals surface area contributed by atoms with Gasteiger partial charge in [0.15, 0.2) is 11.5 Å². The van der Waals surface area contributed by atoms with E-state index in [0.29, 0.717) is 29.2 Å². The number of halogens is 3. The number of alkyl halides is 3. The standard InChI is InChI=1S/C25H23F3N3O4/c1-34-20-10-7-16(14-21(20)35-2)11-13-30-23(32)22-19(4-3-12-29-22)31(24(30)33)15-17-5-8-18(9-6-17)25(26,27)28/h3-10,12,14,22H,11,13,15H2,1-2H3/q+1. The van der Waals surface area contributed by atoms with E-state index >= 15 is 0 Å². The maximum Gasteiger partial charge on any atom is 0.501 e. The van der Waals surface area contributed by atoms with Gasteiger partial charge in [-0.25, -0.2) is 4.79 Å². The van der Waals surface area contributed by atoms with Crippen LogP contribution in [0.1, 0.15) is 16.7 Å². The fraction of sp³-hybridized carbons (Fsp3) is 0.280. The highest BCUT2D eigenvalue weighted by molar-refractivity contribution is 6.20. The monoisotopic (exact) mass is 486 g/mol. The highest BCUT2D eigenvalue weighted by Crippen LogP contribution is 2.30. The lowest BCUT2D eigenvalue weighted by Crippen LogP contribution is -2.57. The number of nitrogens with zero attached hydrogens (tertiary/aromatic N) is 3. The molecule has 35 heavy (non-hydrogen) atoms. The predicted octanol–water partition coefficient (Wildman–Crippen LogP) is 3.89. The molecule has 2 aromatic rings. The Balaban J connectivity index is 1.59. The van der Waals surface area contributed by atoms with E-state index in [1.54, 1.807) is 24.3 Å². The van der Waals surface area contributed by atoms with E-state index in [1.165, 1.54) is 37.1 Å². The SMILES string of the molecule is COc1ccc(CCN2C(=O)C3N=CC=CC3=[N+](Cc3ccc(C(F)(F)F)cc3)C2=O)cc1OC. The van der Waals surface area contributed by atoms with Gasteiger partial charge in [-0.05, 0) is 47.5 Å². The van der Waals surface area contributed by atoms with Crippen molar-refractivity contribution < 1.29 is 36.8 Å². The third kappa shape index (κ3) is 4.96. The minimum atomic E-state index is -4.45. The second-order valence-electron chi connectivity index (χ2n) is 7.98. The normalized spacial score (nSPS) is 17.6. The number of rotatable bonds is 7. The molecule has 2 aliphatic rings. The molecule has 0 fully saturated rings. The van der Waals surface area contributed by atoms with E-state index in [1.807, 2.05) is 6.07 Å². The topological polar surface area (TPSA) is 71.2 Å². The lowest BCUT2D eigenvalue weighted by molar-refractivity contribution is -0.455. The van der Waals surface area contributed by atoms with Gasteiger partial charge >= 0.3 is 18.1 Å². The highest BCUT2D eigenvalue weighted by Gasteiger charge is 2.47. The summed E-state index contributed by atoms with van der Waals surface area (Å²) in [4.78, 5) is 31.8. The van der Waals surface area contributed by atoms with E-state index in [2.05, 4.69) is 4.99 Å². The Hall–Kier alpha value is -3.95. The van der Waals surface area contributed by atoms with Crippen LogP contribution in [-0.4, -0.2) is 60.1 Å². The number of carbonyl (C=O) groups is 2. The lowest BCUT2D eigenvalue weighted by Gasteiger charge is -2.26. The molecule has 0 saturated heterocycles. The minimum Gasteiger partial charge on any atom is -0.493 e. The first-order valence-corrected chi connectivity index (χ1v) is 10.8. The molecule has 1 atom stereocenters. The van der Waals surface area contributed by atoms with E-state index < -0.39 is 29.7 Å². The van der Waals surface area contributed by atoms with Crippen LogP contribution >= 0.6 is 0 Å². The second kappa shape index (κ2) is 9.73. The molecule has 0 bridgehead atoms. The first-order valence-electron chi connectivity index (χ1n) is 10.8. The van der Waals surface area contributed by atoms with Crippen LogP contribution in [0, 0.1) is 0 Å². The zero-order chi connectivity index (χ0) is 25.2. The van der Waals surface area contributed by atoms with E-state index in [9.17, 15) is 22.8 Å². The van der Waals surface area contributed by atoms with Crippen molar-refractivity contribution >= 4 is 23.9 Å². The summed E-state index contributed by atoms with van der Waals surface area (Å²) in [7, 11) is 3.05. The maximum atomic E-state index is 13.4. The summed E-state index contributed by atoms with van der Waals surface area (Å²) in [6, 6.07) is 8.49. The Morgan fingerprint density at radius 3 is 2.34 bits per heavy atom. The molecule has 0 N–H and O–H groups in total. The van der Waals surface area contributed by atoms with Gasteiger partial charge in [-0.3, -0.25) is 4.99 Å². The molecule has 7 nitrogen and oxygen atoms in total. The quantitative estimate of drug-likeness (QED) is 0.557. The van der Waals surface area contributed by atoms with E-state index in [-0.39, 0.29) is 13.1 Å². The molecule has 0 aromatic heterocycles. The first kappa shape index (κ1) is 24.2. The van der Waals surface area contributed by atoms with E-state index in [4.69, 9.17) is 9.47 Å². The van der Waals surface area contributed by atoms with Gasteiger partial charge in [0.1, 0.15) is 18.8 Å². The lowest BCUT2D eigenvalue weighted by atomic mass is 10.0. The number of aliphatic imine (C=N–C) groups is 1. The molecule has 182 valence electrons. The maximum absolute atomic E-state index is 13.4. The fourth-order valence-corrected chi connectivity index (χ4v) is 3.99. The number of urea groups is 1. The number of fused-ring (bicyclic) bond motifs is 1. The molecular formula is C25H23F3N3O4+. The Morgan fingerprint density at radius 2 is 1.69 bits per heavy atom. The van der Waals surface area contributed by atoms with Gasteiger partial charge in [-0.15, -0.1) is 0 Å². The average Bonchev–Trinajstić information content (AvgIpc) is 2.86. The Bertz CT molecular complexity index is 1230. The Kier molecular flexibility index (Phi) is 6.72. The van der Waals surface area contributed by atoms with Gasteiger partial charge in [-0.1, -0.05) is 18.2 Å². The third-order valence-corrected chi connectivity index (χ3v) is 5.84. The number of imide groups is 1. The van der Waals surface area contributed by atoms with Crippen LogP contribution in [0.5, 0.6) is 11.5 Å². The molecule has 2 heterocycles. The van der Waals surface area contributed by atoms with Crippen molar-refractivity contribution in [2.75, 3.05) is 20.8 Å². The van der Waals surface area contributed by atoms with Gasteiger partial charge in [0.25, 0.3) is 0 Å². The minimum absolute atomic E-state index is 0.00278. The summed E-state index contributed by atoms with van der Waals surface area (Å²) < 4.78 is 50.7. The summed E-state index contributed by atoms with van der Waals surface area (Å²) in [6.07, 6.45) is 0.653. The number of amides is 3. The first-order chi connectivity index (χ1) is 16.7. The second-order valence-corrected chi connectivity index (χ2v) is 7.98. The largest absolute Gasteiger partial charge is 0.501 e. The van der Waals surface area contributed by atoms with Crippen LogP contribution in [0.15, 0.2) is 59.6 Å². The van der Waals surface area contributed by atoms with Crippen LogP contribution < -0.4 is 9.47 Å². The van der Waals surface area contributed by atoms with Crippen molar-refractivity contribution in [3.63, 3.8) is 0 Å². The van der Waals surface area contributed by atoms with Gasteiger partial charge in [-0.2, -0.15) is 27.4 Å². The van der Waals surface area contributed by atoms with Crippen molar-refractivity contribution in [3.8, 4) is 11.5 Å². The molecule has 0 spiro atoms. The number of methoxy groups -OCH3 is 2. The Labute approximate surface area is 199 Å². The number of carbonyl (C=O) groups excluding carboxylic acids is 2. The number of benzene rings is 2. The van der Waals surface area contributed by atoms with Crippen LogP contribution in [0.3, 0.4) is 0 Å². The average molecular weight is 486 g/mol. The molecule has 10 heteroatoms. The Morgan fingerprint density at radius 1 is 1.00 bits per heavy atom. The molecule has 0 radical (unpaired) electrons.